The Labute approximate surface area is 213 Å². The molecule has 3 aromatic carbocycles. The lowest BCUT2D eigenvalue weighted by atomic mass is 10.0. The molecule has 0 aliphatic rings. The van der Waals surface area contributed by atoms with Gasteiger partial charge in [-0.05, 0) is 30.3 Å². The molecule has 0 fully saturated rings. The molecule has 4 heterocycles. The Kier molecular flexibility index (Phi) is 5.03. The summed E-state index contributed by atoms with van der Waals surface area (Å²) in [5, 5.41) is 1.03. The highest BCUT2D eigenvalue weighted by molar-refractivity contribution is 5.94. The third kappa shape index (κ3) is 3.74. The van der Waals surface area contributed by atoms with Crippen LogP contribution >= 0.6 is 0 Å². The Morgan fingerprint density at radius 1 is 0.514 bits per heavy atom. The van der Waals surface area contributed by atoms with Crippen LogP contribution in [0.4, 0.5) is 0 Å². The first-order chi connectivity index (χ1) is 18.3. The quantitative estimate of drug-likeness (QED) is 0.267. The predicted molar refractivity (Wildman–Crippen MR) is 148 cm³/mol. The molecule has 174 valence electrons. The van der Waals surface area contributed by atoms with Gasteiger partial charge in [0.05, 0.1) is 22.6 Å². The first-order valence-corrected chi connectivity index (χ1v) is 12.2. The minimum atomic E-state index is 0.720. The van der Waals surface area contributed by atoms with E-state index in [1.54, 1.807) is 6.20 Å². The average Bonchev–Trinajstić information content (AvgIpc) is 3.37. The van der Waals surface area contributed by atoms with Gasteiger partial charge >= 0.3 is 0 Å². The van der Waals surface area contributed by atoms with E-state index in [4.69, 9.17) is 15.0 Å². The molecule has 0 saturated heterocycles. The molecule has 0 aliphatic heterocycles. The maximum Gasteiger partial charge on any atom is 0.160 e. The van der Waals surface area contributed by atoms with Gasteiger partial charge in [-0.2, -0.15) is 0 Å². The maximum absolute atomic E-state index is 5.01. The van der Waals surface area contributed by atoms with E-state index in [1.807, 2.05) is 91.1 Å². The summed E-state index contributed by atoms with van der Waals surface area (Å²) >= 11 is 0. The lowest BCUT2D eigenvalue weighted by molar-refractivity contribution is 1.19. The Morgan fingerprint density at radius 2 is 1.27 bits per heavy atom. The van der Waals surface area contributed by atoms with Gasteiger partial charge < -0.3 is 0 Å². The molecule has 5 nitrogen and oxygen atoms in total. The van der Waals surface area contributed by atoms with Crippen LogP contribution in [0.25, 0.3) is 61.8 Å². The van der Waals surface area contributed by atoms with Crippen LogP contribution in [-0.4, -0.2) is 24.3 Å². The van der Waals surface area contributed by atoms with Crippen LogP contribution in [0.15, 0.2) is 128 Å². The molecule has 0 amide bonds. The van der Waals surface area contributed by atoms with E-state index in [2.05, 4.69) is 39.7 Å². The molecular weight excluding hydrogens is 454 g/mol. The number of nitrogens with zero attached hydrogens (tertiary/aromatic N) is 5. The summed E-state index contributed by atoms with van der Waals surface area (Å²) in [6.07, 6.45) is 3.85. The molecule has 0 spiro atoms. The smallest absolute Gasteiger partial charge is 0.160 e. The third-order valence-electron chi connectivity index (χ3n) is 6.50. The number of rotatable bonds is 4. The van der Waals surface area contributed by atoms with Crippen LogP contribution in [0.2, 0.25) is 0 Å². The van der Waals surface area contributed by atoms with Crippen LogP contribution < -0.4 is 0 Å². The van der Waals surface area contributed by atoms with Crippen LogP contribution in [0.3, 0.4) is 0 Å². The Bertz CT molecular complexity index is 1860. The lowest BCUT2D eigenvalue weighted by Gasteiger charge is -2.11. The van der Waals surface area contributed by atoms with Crippen molar-refractivity contribution in [2.75, 3.05) is 0 Å². The summed E-state index contributed by atoms with van der Waals surface area (Å²) in [6, 6.07) is 38.8. The van der Waals surface area contributed by atoms with Gasteiger partial charge in [-0.15, -0.1) is 0 Å². The molecule has 0 bridgehead atoms. The van der Waals surface area contributed by atoms with Gasteiger partial charge in [0.2, 0.25) is 0 Å². The average molecular weight is 476 g/mol. The highest BCUT2D eigenvalue weighted by Crippen LogP contribution is 2.34. The van der Waals surface area contributed by atoms with Crippen LogP contribution in [0.1, 0.15) is 0 Å². The van der Waals surface area contributed by atoms with Gasteiger partial charge in [0.15, 0.2) is 5.82 Å². The minimum Gasteiger partial charge on any atom is -0.299 e. The zero-order valence-electron chi connectivity index (χ0n) is 19.9. The van der Waals surface area contributed by atoms with E-state index in [0.29, 0.717) is 0 Å². The summed E-state index contributed by atoms with van der Waals surface area (Å²) in [5.41, 5.74) is 8.54. The van der Waals surface area contributed by atoms with E-state index in [1.165, 1.54) is 0 Å². The van der Waals surface area contributed by atoms with Crippen molar-refractivity contribution in [3.05, 3.63) is 128 Å². The number of pyridine rings is 2. The van der Waals surface area contributed by atoms with Crippen LogP contribution in [-0.2, 0) is 0 Å². The second-order valence-corrected chi connectivity index (χ2v) is 8.81. The summed E-state index contributed by atoms with van der Waals surface area (Å²) in [7, 11) is 0. The fourth-order valence-electron chi connectivity index (χ4n) is 4.75. The highest BCUT2D eigenvalue weighted by Gasteiger charge is 2.17. The molecule has 37 heavy (non-hydrogen) atoms. The number of aromatic nitrogens is 5. The fourth-order valence-corrected chi connectivity index (χ4v) is 4.75. The third-order valence-corrected chi connectivity index (χ3v) is 6.50. The van der Waals surface area contributed by atoms with Gasteiger partial charge in [-0.25, -0.2) is 15.0 Å². The highest BCUT2D eigenvalue weighted by atomic mass is 15.0. The van der Waals surface area contributed by atoms with Crippen molar-refractivity contribution in [1.82, 2.24) is 24.3 Å². The molecule has 0 N–H and O–H groups in total. The molecule has 0 radical (unpaired) electrons. The van der Waals surface area contributed by atoms with E-state index in [-0.39, 0.29) is 0 Å². The van der Waals surface area contributed by atoms with Gasteiger partial charge in [-0.3, -0.25) is 9.38 Å². The topological polar surface area (TPSA) is 56.0 Å². The molecule has 7 rings (SSSR count). The number of fused-ring (bicyclic) bond motifs is 2. The monoisotopic (exact) mass is 475 g/mol. The molecule has 0 atom stereocenters. The van der Waals surface area contributed by atoms with E-state index >= 15 is 0 Å². The Morgan fingerprint density at radius 3 is 2.11 bits per heavy atom. The second kappa shape index (κ2) is 8.81. The fraction of sp³-hybridized carbons (Fsp3) is 0. The number of imidazole rings is 1. The summed E-state index contributed by atoms with van der Waals surface area (Å²) in [4.78, 5) is 19.3. The number of hydrogen-bond donors (Lipinski definition) is 0. The lowest BCUT2D eigenvalue weighted by Crippen LogP contribution is -1.95. The molecule has 0 aliphatic carbocycles. The van der Waals surface area contributed by atoms with Crippen LogP contribution in [0, 0.1) is 0 Å². The summed E-state index contributed by atoms with van der Waals surface area (Å²) in [6.45, 7) is 0. The molecule has 4 aromatic heterocycles. The Balaban J connectivity index is 1.39. The van der Waals surface area contributed by atoms with Crippen LogP contribution in [0.5, 0.6) is 0 Å². The van der Waals surface area contributed by atoms with Gasteiger partial charge in [-0.1, -0.05) is 84.9 Å². The minimum absolute atomic E-state index is 0.720. The van der Waals surface area contributed by atoms with Crippen molar-refractivity contribution in [2.24, 2.45) is 0 Å². The maximum atomic E-state index is 5.01. The van der Waals surface area contributed by atoms with Crippen molar-refractivity contribution in [3.8, 4) is 45.3 Å². The first-order valence-electron chi connectivity index (χ1n) is 12.2. The normalized spacial score (nSPS) is 11.2. The van der Waals surface area contributed by atoms with Gasteiger partial charge in [0.25, 0.3) is 0 Å². The van der Waals surface area contributed by atoms with Crippen molar-refractivity contribution >= 4 is 16.6 Å². The van der Waals surface area contributed by atoms with Gasteiger partial charge in [0, 0.05) is 34.5 Å². The van der Waals surface area contributed by atoms with E-state index < -0.39 is 0 Å². The molecule has 5 heteroatoms. The van der Waals surface area contributed by atoms with Gasteiger partial charge in [0.1, 0.15) is 11.3 Å². The second-order valence-electron chi connectivity index (χ2n) is 8.81. The Hall–Kier alpha value is -5.16. The largest absolute Gasteiger partial charge is 0.299 e. The van der Waals surface area contributed by atoms with Crippen molar-refractivity contribution < 1.29 is 0 Å². The zero-order chi connectivity index (χ0) is 24.6. The summed E-state index contributed by atoms with van der Waals surface area (Å²) < 4.78 is 2.12. The predicted octanol–water partition coefficient (Wildman–Crippen LogP) is 7.34. The van der Waals surface area contributed by atoms with Crippen molar-refractivity contribution in [1.29, 1.82) is 0 Å². The molecular formula is C32H21N5. The first kappa shape index (κ1) is 21.1. The number of para-hydroxylation sites is 1. The summed E-state index contributed by atoms with van der Waals surface area (Å²) in [5.74, 6) is 0.720. The van der Waals surface area contributed by atoms with E-state index in [9.17, 15) is 0 Å². The molecule has 0 unspecified atom stereocenters. The number of hydrogen-bond acceptors (Lipinski definition) is 4. The zero-order valence-corrected chi connectivity index (χ0v) is 19.9. The van der Waals surface area contributed by atoms with Crippen molar-refractivity contribution in [3.63, 3.8) is 0 Å². The standard InChI is InChI=1S/C32H21N5/c1-2-10-24(11-3-1)32-34-26-13-5-4-12-25(26)29(36-32)22-16-18-23(19-17-22)31-30(27-14-6-8-20-33-27)35-28-15-7-9-21-37(28)31/h1-21H. The van der Waals surface area contributed by atoms with E-state index in [0.717, 1.165) is 61.8 Å². The SMILES string of the molecule is c1ccc(-c2nc(-c3ccc(-c4c(-c5ccccn5)nc5ccccn45)cc3)c3ccccc3n2)cc1. The van der Waals surface area contributed by atoms with Crippen molar-refractivity contribution in [2.45, 2.75) is 0 Å². The number of benzene rings is 3. The molecule has 0 saturated carbocycles. The molecule has 7 aromatic rings.